The molecule has 5 heteroatoms. The van der Waals surface area contributed by atoms with Crippen molar-refractivity contribution in [2.75, 3.05) is 11.4 Å². The zero-order chi connectivity index (χ0) is 17.3. The number of benzene rings is 2. The summed E-state index contributed by atoms with van der Waals surface area (Å²) in [4.78, 5) is 26.5. The summed E-state index contributed by atoms with van der Waals surface area (Å²) in [5.41, 5.74) is 3.39. The van der Waals surface area contributed by atoms with Gasteiger partial charge in [0.1, 0.15) is 11.9 Å². The number of anilines is 1. The summed E-state index contributed by atoms with van der Waals surface area (Å²) in [7, 11) is 0. The lowest BCUT2D eigenvalue weighted by Gasteiger charge is -2.18. The van der Waals surface area contributed by atoms with Crippen LogP contribution in [-0.2, 0) is 4.79 Å². The van der Waals surface area contributed by atoms with Gasteiger partial charge in [0.15, 0.2) is 0 Å². The maximum absolute atomic E-state index is 12.9. The Morgan fingerprint density at radius 1 is 1.12 bits per heavy atom. The summed E-state index contributed by atoms with van der Waals surface area (Å²) < 4.78 is 12.9. The molecule has 24 heavy (non-hydrogen) atoms. The number of nitrogens with one attached hydrogen (secondary N) is 1. The van der Waals surface area contributed by atoms with E-state index in [1.165, 1.54) is 24.3 Å². The highest BCUT2D eigenvalue weighted by atomic mass is 19.1. The molecule has 124 valence electrons. The van der Waals surface area contributed by atoms with E-state index in [2.05, 4.69) is 11.4 Å². The Bertz CT molecular complexity index is 766. The Morgan fingerprint density at radius 3 is 2.38 bits per heavy atom. The van der Waals surface area contributed by atoms with Gasteiger partial charge >= 0.3 is 0 Å². The molecular weight excluding hydrogens is 307 g/mol. The van der Waals surface area contributed by atoms with Crippen LogP contribution in [0.2, 0.25) is 0 Å². The van der Waals surface area contributed by atoms with Gasteiger partial charge in [0.2, 0.25) is 5.91 Å². The maximum atomic E-state index is 12.9. The summed E-state index contributed by atoms with van der Waals surface area (Å²) in [6.45, 7) is 4.55. The predicted molar refractivity (Wildman–Crippen MR) is 90.5 cm³/mol. The molecule has 0 aromatic heterocycles. The second-order valence-electron chi connectivity index (χ2n) is 6.16. The molecule has 1 fully saturated rings. The number of hydrogen-bond donors (Lipinski definition) is 1. The van der Waals surface area contributed by atoms with Gasteiger partial charge in [-0.25, -0.2) is 4.39 Å². The minimum absolute atomic E-state index is 0.115. The first-order valence-electron chi connectivity index (χ1n) is 7.90. The summed E-state index contributed by atoms with van der Waals surface area (Å²) in [6, 6.07) is 10.7. The van der Waals surface area contributed by atoms with Crippen molar-refractivity contribution >= 4 is 17.5 Å². The zero-order valence-corrected chi connectivity index (χ0v) is 13.7. The first-order valence-corrected chi connectivity index (χ1v) is 7.90. The van der Waals surface area contributed by atoms with Crippen LogP contribution in [0.5, 0.6) is 0 Å². The van der Waals surface area contributed by atoms with E-state index >= 15 is 0 Å². The van der Waals surface area contributed by atoms with Gasteiger partial charge in [-0.15, -0.1) is 0 Å². The van der Waals surface area contributed by atoms with Crippen LogP contribution in [0.25, 0.3) is 0 Å². The molecule has 3 rings (SSSR count). The van der Waals surface area contributed by atoms with E-state index in [-0.39, 0.29) is 11.8 Å². The van der Waals surface area contributed by atoms with E-state index in [0.717, 1.165) is 16.8 Å². The van der Waals surface area contributed by atoms with Crippen LogP contribution in [0.15, 0.2) is 42.5 Å². The topological polar surface area (TPSA) is 49.4 Å². The first-order chi connectivity index (χ1) is 11.4. The van der Waals surface area contributed by atoms with E-state index < -0.39 is 11.9 Å². The molecule has 0 spiro atoms. The van der Waals surface area contributed by atoms with Gasteiger partial charge in [0.05, 0.1) is 0 Å². The quantitative estimate of drug-likeness (QED) is 0.943. The second kappa shape index (κ2) is 6.43. The molecular formula is C19H19FN2O2. The minimum atomic E-state index is -0.552. The lowest BCUT2D eigenvalue weighted by atomic mass is 10.1. The van der Waals surface area contributed by atoms with Crippen molar-refractivity contribution in [1.82, 2.24) is 5.32 Å². The highest BCUT2D eigenvalue weighted by molar-refractivity contribution is 6.04. The molecule has 0 bridgehead atoms. The third-order valence-corrected chi connectivity index (χ3v) is 4.14. The van der Waals surface area contributed by atoms with E-state index in [0.29, 0.717) is 18.5 Å². The third-order valence-electron chi connectivity index (χ3n) is 4.14. The molecule has 1 aliphatic rings. The Hall–Kier alpha value is -2.69. The van der Waals surface area contributed by atoms with E-state index in [1.54, 1.807) is 4.90 Å². The third kappa shape index (κ3) is 3.30. The van der Waals surface area contributed by atoms with Crippen molar-refractivity contribution in [2.24, 2.45) is 0 Å². The highest BCUT2D eigenvalue weighted by Crippen LogP contribution is 2.24. The molecule has 1 atom stereocenters. The Labute approximate surface area is 140 Å². The lowest BCUT2D eigenvalue weighted by Crippen LogP contribution is -2.41. The first kappa shape index (κ1) is 16.2. The van der Waals surface area contributed by atoms with Crippen LogP contribution in [0.4, 0.5) is 10.1 Å². The fraction of sp³-hybridized carbons (Fsp3) is 0.263. The number of nitrogens with zero attached hydrogens (tertiary/aromatic N) is 1. The number of carbonyl (C=O) groups is 2. The van der Waals surface area contributed by atoms with Crippen molar-refractivity contribution in [2.45, 2.75) is 26.3 Å². The van der Waals surface area contributed by atoms with Crippen molar-refractivity contribution in [1.29, 1.82) is 0 Å². The number of aryl methyl sites for hydroxylation is 2. The van der Waals surface area contributed by atoms with E-state index in [9.17, 15) is 14.0 Å². The van der Waals surface area contributed by atoms with Crippen LogP contribution in [-0.4, -0.2) is 24.4 Å². The molecule has 0 aliphatic carbocycles. The number of rotatable bonds is 3. The molecule has 2 aromatic carbocycles. The van der Waals surface area contributed by atoms with Gasteiger partial charge < -0.3 is 10.2 Å². The van der Waals surface area contributed by atoms with Gasteiger partial charge in [-0.1, -0.05) is 6.07 Å². The number of amides is 2. The minimum Gasteiger partial charge on any atom is -0.340 e. The van der Waals surface area contributed by atoms with Crippen molar-refractivity contribution in [3.63, 3.8) is 0 Å². The van der Waals surface area contributed by atoms with Gasteiger partial charge in [0, 0.05) is 17.8 Å². The van der Waals surface area contributed by atoms with Crippen molar-refractivity contribution < 1.29 is 14.0 Å². The van der Waals surface area contributed by atoms with E-state index in [4.69, 9.17) is 0 Å². The zero-order valence-electron chi connectivity index (χ0n) is 13.7. The van der Waals surface area contributed by atoms with Gasteiger partial charge in [0.25, 0.3) is 5.91 Å². The fourth-order valence-electron chi connectivity index (χ4n) is 3.02. The molecule has 4 nitrogen and oxygen atoms in total. The summed E-state index contributed by atoms with van der Waals surface area (Å²) in [5.74, 6) is -0.879. The van der Waals surface area contributed by atoms with Crippen molar-refractivity contribution in [3.8, 4) is 0 Å². The van der Waals surface area contributed by atoms with Crippen LogP contribution in [0.1, 0.15) is 27.9 Å². The highest BCUT2D eigenvalue weighted by Gasteiger charge is 2.33. The van der Waals surface area contributed by atoms with Crippen LogP contribution >= 0.6 is 0 Å². The molecule has 2 aromatic rings. The largest absolute Gasteiger partial charge is 0.340 e. The van der Waals surface area contributed by atoms with Crippen LogP contribution < -0.4 is 10.2 Å². The van der Waals surface area contributed by atoms with E-state index in [1.807, 2.05) is 26.0 Å². The predicted octanol–water partition coefficient (Wildman–Crippen LogP) is 2.98. The standard InChI is InChI=1S/C19H19FN2O2/c1-12-9-13(2)11-16(10-12)22-8-7-17(19(22)24)21-18(23)14-3-5-15(20)6-4-14/h3-6,9-11,17H,7-8H2,1-2H3,(H,21,23)/t17-/m1/s1. The van der Waals surface area contributed by atoms with Gasteiger partial charge in [-0.2, -0.15) is 0 Å². The molecule has 1 aliphatic heterocycles. The molecule has 2 amide bonds. The Balaban J connectivity index is 1.72. The summed E-state index contributed by atoms with van der Waals surface area (Å²) >= 11 is 0. The Kier molecular flexibility index (Phi) is 4.34. The van der Waals surface area contributed by atoms with Crippen molar-refractivity contribution in [3.05, 3.63) is 65.0 Å². The normalized spacial score (nSPS) is 17.2. The van der Waals surface area contributed by atoms with Gasteiger partial charge in [-0.3, -0.25) is 9.59 Å². The monoisotopic (exact) mass is 326 g/mol. The summed E-state index contributed by atoms with van der Waals surface area (Å²) in [6.07, 6.45) is 0.554. The molecule has 0 radical (unpaired) electrons. The molecule has 1 N–H and O–H groups in total. The average Bonchev–Trinajstić information content (AvgIpc) is 2.88. The molecule has 0 unspecified atom stereocenters. The Morgan fingerprint density at radius 2 is 1.75 bits per heavy atom. The lowest BCUT2D eigenvalue weighted by molar-refractivity contribution is -0.118. The smallest absolute Gasteiger partial charge is 0.251 e. The molecule has 1 heterocycles. The maximum Gasteiger partial charge on any atom is 0.251 e. The fourth-order valence-corrected chi connectivity index (χ4v) is 3.02. The number of hydrogen-bond acceptors (Lipinski definition) is 2. The van der Waals surface area contributed by atoms with Crippen LogP contribution in [0, 0.1) is 19.7 Å². The summed E-state index contributed by atoms with van der Waals surface area (Å²) in [5, 5.41) is 2.74. The van der Waals surface area contributed by atoms with Gasteiger partial charge in [-0.05, 0) is 67.8 Å². The number of carbonyl (C=O) groups excluding carboxylic acids is 2. The second-order valence-corrected chi connectivity index (χ2v) is 6.16. The molecule has 0 saturated carbocycles. The SMILES string of the molecule is Cc1cc(C)cc(N2CC[C@@H](NC(=O)c3ccc(F)cc3)C2=O)c1. The molecule has 1 saturated heterocycles. The number of halogens is 1. The average molecular weight is 326 g/mol. The van der Waals surface area contributed by atoms with Crippen LogP contribution in [0.3, 0.4) is 0 Å².